The van der Waals surface area contributed by atoms with Gasteiger partial charge in [0.15, 0.2) is 0 Å². The fourth-order valence-corrected chi connectivity index (χ4v) is 2.64. The average molecular weight is 314 g/mol. The Hall–Kier alpha value is -0.580. The first-order valence-corrected chi connectivity index (χ1v) is 7.06. The van der Waals surface area contributed by atoms with Crippen molar-refractivity contribution in [1.29, 1.82) is 0 Å². The molecule has 18 heavy (non-hydrogen) atoms. The Morgan fingerprint density at radius 2 is 2.22 bits per heavy atom. The van der Waals surface area contributed by atoms with Gasteiger partial charge in [-0.1, -0.05) is 15.9 Å². The van der Waals surface area contributed by atoms with Crippen LogP contribution in [0.3, 0.4) is 0 Å². The molecular formula is C14H20BrNO2. The zero-order chi connectivity index (χ0) is 13.2. The first-order chi connectivity index (χ1) is 8.59. The van der Waals surface area contributed by atoms with Crippen LogP contribution in [0.2, 0.25) is 0 Å². The highest BCUT2D eigenvalue weighted by Gasteiger charge is 2.40. The SMILES string of the molecule is COc1ccc(Br)cc1CNC(C)(CO)C1CC1. The molecule has 1 aliphatic carbocycles. The van der Waals surface area contributed by atoms with E-state index in [-0.39, 0.29) is 12.1 Å². The van der Waals surface area contributed by atoms with Crippen molar-refractivity contribution in [2.45, 2.75) is 31.8 Å². The first-order valence-electron chi connectivity index (χ1n) is 6.27. The standard InChI is InChI=1S/C14H20BrNO2/c1-14(9-17,11-3-4-11)16-8-10-7-12(15)5-6-13(10)18-2/h5-7,11,16-17H,3-4,8-9H2,1-2H3. The normalized spacial score (nSPS) is 18.4. The predicted molar refractivity (Wildman–Crippen MR) is 75.7 cm³/mol. The molecule has 0 heterocycles. The molecule has 0 amide bonds. The van der Waals surface area contributed by atoms with Gasteiger partial charge in [-0.05, 0) is 43.9 Å². The summed E-state index contributed by atoms with van der Waals surface area (Å²) in [6, 6.07) is 5.97. The molecule has 0 bridgehead atoms. The molecule has 1 atom stereocenters. The Kier molecular flexibility index (Phi) is 4.30. The van der Waals surface area contributed by atoms with Crippen molar-refractivity contribution >= 4 is 15.9 Å². The quantitative estimate of drug-likeness (QED) is 0.848. The minimum atomic E-state index is -0.173. The number of ether oxygens (including phenoxy) is 1. The van der Waals surface area contributed by atoms with Gasteiger partial charge in [0.2, 0.25) is 0 Å². The molecule has 0 saturated heterocycles. The van der Waals surface area contributed by atoms with E-state index in [0.29, 0.717) is 12.5 Å². The molecule has 4 heteroatoms. The van der Waals surface area contributed by atoms with Gasteiger partial charge in [-0.2, -0.15) is 0 Å². The summed E-state index contributed by atoms with van der Waals surface area (Å²) < 4.78 is 6.39. The fraction of sp³-hybridized carbons (Fsp3) is 0.571. The zero-order valence-corrected chi connectivity index (χ0v) is 12.5. The Bertz CT molecular complexity index is 420. The summed E-state index contributed by atoms with van der Waals surface area (Å²) in [6.45, 7) is 2.97. The maximum Gasteiger partial charge on any atom is 0.123 e. The minimum absolute atomic E-state index is 0.173. The topological polar surface area (TPSA) is 41.5 Å². The average Bonchev–Trinajstić information content (AvgIpc) is 3.21. The fourth-order valence-electron chi connectivity index (χ4n) is 2.23. The van der Waals surface area contributed by atoms with E-state index in [0.717, 1.165) is 15.8 Å². The third kappa shape index (κ3) is 3.05. The highest BCUT2D eigenvalue weighted by atomic mass is 79.9. The zero-order valence-electron chi connectivity index (χ0n) is 10.9. The van der Waals surface area contributed by atoms with E-state index >= 15 is 0 Å². The molecule has 0 aliphatic heterocycles. The molecule has 1 aromatic rings. The van der Waals surface area contributed by atoms with Crippen molar-refractivity contribution in [1.82, 2.24) is 5.32 Å². The van der Waals surface area contributed by atoms with E-state index in [2.05, 4.69) is 34.2 Å². The van der Waals surface area contributed by atoms with Crippen molar-refractivity contribution in [3.63, 3.8) is 0 Å². The largest absolute Gasteiger partial charge is 0.496 e. The molecule has 2 rings (SSSR count). The minimum Gasteiger partial charge on any atom is -0.496 e. The van der Waals surface area contributed by atoms with E-state index in [4.69, 9.17) is 4.74 Å². The molecule has 2 N–H and O–H groups in total. The lowest BCUT2D eigenvalue weighted by molar-refractivity contribution is 0.153. The molecule has 1 unspecified atom stereocenters. The summed E-state index contributed by atoms with van der Waals surface area (Å²) in [5.41, 5.74) is 0.931. The van der Waals surface area contributed by atoms with Gasteiger partial charge in [0.25, 0.3) is 0 Å². The Morgan fingerprint density at radius 1 is 1.50 bits per heavy atom. The number of hydrogen-bond acceptors (Lipinski definition) is 3. The van der Waals surface area contributed by atoms with E-state index < -0.39 is 0 Å². The number of halogens is 1. The molecule has 0 aromatic heterocycles. The second-order valence-corrected chi connectivity index (χ2v) is 6.08. The van der Waals surface area contributed by atoms with Gasteiger partial charge >= 0.3 is 0 Å². The van der Waals surface area contributed by atoms with Crippen molar-refractivity contribution in [3.05, 3.63) is 28.2 Å². The maximum atomic E-state index is 9.55. The lowest BCUT2D eigenvalue weighted by Crippen LogP contribution is -2.47. The van der Waals surface area contributed by atoms with E-state index in [1.54, 1.807) is 7.11 Å². The monoisotopic (exact) mass is 313 g/mol. The van der Waals surface area contributed by atoms with E-state index in [1.807, 2.05) is 12.1 Å². The predicted octanol–water partition coefficient (Wildman–Crippen LogP) is 2.71. The van der Waals surface area contributed by atoms with Crippen LogP contribution in [-0.2, 0) is 6.54 Å². The van der Waals surface area contributed by atoms with Crippen molar-refractivity contribution < 1.29 is 9.84 Å². The van der Waals surface area contributed by atoms with Crippen LogP contribution in [0, 0.1) is 5.92 Å². The van der Waals surface area contributed by atoms with Crippen LogP contribution in [0.15, 0.2) is 22.7 Å². The number of methoxy groups -OCH3 is 1. The van der Waals surface area contributed by atoms with Gasteiger partial charge in [-0.25, -0.2) is 0 Å². The molecular weight excluding hydrogens is 294 g/mol. The Balaban J connectivity index is 2.07. The highest BCUT2D eigenvalue weighted by Crippen LogP contribution is 2.39. The number of aliphatic hydroxyl groups excluding tert-OH is 1. The lowest BCUT2D eigenvalue weighted by atomic mass is 9.96. The number of aliphatic hydroxyl groups is 1. The Morgan fingerprint density at radius 3 is 2.78 bits per heavy atom. The van der Waals surface area contributed by atoms with Crippen LogP contribution in [0.1, 0.15) is 25.3 Å². The first kappa shape index (κ1) is 13.8. The van der Waals surface area contributed by atoms with Crippen LogP contribution in [0.25, 0.3) is 0 Å². The van der Waals surface area contributed by atoms with Gasteiger partial charge < -0.3 is 15.2 Å². The summed E-state index contributed by atoms with van der Waals surface area (Å²) in [4.78, 5) is 0. The lowest BCUT2D eigenvalue weighted by Gasteiger charge is -2.29. The molecule has 0 radical (unpaired) electrons. The van der Waals surface area contributed by atoms with Gasteiger partial charge in [-0.15, -0.1) is 0 Å². The van der Waals surface area contributed by atoms with Crippen LogP contribution in [-0.4, -0.2) is 24.4 Å². The number of hydrogen-bond donors (Lipinski definition) is 2. The van der Waals surface area contributed by atoms with Crippen molar-refractivity contribution in [2.75, 3.05) is 13.7 Å². The molecule has 1 aromatic carbocycles. The number of nitrogens with one attached hydrogen (secondary N) is 1. The van der Waals surface area contributed by atoms with Crippen molar-refractivity contribution in [3.8, 4) is 5.75 Å². The maximum absolute atomic E-state index is 9.55. The third-order valence-corrected chi connectivity index (χ3v) is 4.23. The second-order valence-electron chi connectivity index (χ2n) is 5.16. The molecule has 1 fully saturated rings. The Labute approximate surface area is 117 Å². The van der Waals surface area contributed by atoms with Crippen LogP contribution in [0.4, 0.5) is 0 Å². The van der Waals surface area contributed by atoms with Crippen LogP contribution < -0.4 is 10.1 Å². The van der Waals surface area contributed by atoms with Crippen LogP contribution >= 0.6 is 15.9 Å². The summed E-state index contributed by atoms with van der Waals surface area (Å²) >= 11 is 3.47. The van der Waals surface area contributed by atoms with Gasteiger partial charge in [0, 0.05) is 22.1 Å². The van der Waals surface area contributed by atoms with Gasteiger partial charge in [0.1, 0.15) is 5.75 Å². The molecule has 1 saturated carbocycles. The van der Waals surface area contributed by atoms with Gasteiger partial charge in [0.05, 0.1) is 13.7 Å². The second kappa shape index (κ2) is 5.59. The van der Waals surface area contributed by atoms with Crippen LogP contribution in [0.5, 0.6) is 5.75 Å². The van der Waals surface area contributed by atoms with E-state index in [9.17, 15) is 5.11 Å². The summed E-state index contributed by atoms with van der Waals surface area (Å²) in [7, 11) is 1.68. The summed E-state index contributed by atoms with van der Waals surface area (Å²) in [6.07, 6.45) is 2.42. The summed E-state index contributed by atoms with van der Waals surface area (Å²) in [5, 5.41) is 13.0. The van der Waals surface area contributed by atoms with Gasteiger partial charge in [-0.3, -0.25) is 0 Å². The smallest absolute Gasteiger partial charge is 0.123 e. The number of benzene rings is 1. The molecule has 0 spiro atoms. The highest BCUT2D eigenvalue weighted by molar-refractivity contribution is 9.10. The van der Waals surface area contributed by atoms with E-state index in [1.165, 1.54) is 12.8 Å². The molecule has 100 valence electrons. The molecule has 1 aliphatic rings. The number of rotatable bonds is 6. The third-order valence-electron chi connectivity index (χ3n) is 3.73. The summed E-state index contributed by atoms with van der Waals surface area (Å²) in [5.74, 6) is 1.47. The van der Waals surface area contributed by atoms with Crippen molar-refractivity contribution in [2.24, 2.45) is 5.92 Å². The molecule has 3 nitrogen and oxygen atoms in total.